The van der Waals surface area contributed by atoms with Crippen molar-refractivity contribution in [2.45, 2.75) is 20.0 Å². The maximum atomic E-state index is 13.4. The Morgan fingerprint density at radius 2 is 1.54 bits per heavy atom. The quantitative estimate of drug-likeness (QED) is 0.282. The number of ether oxygens (including phenoxy) is 1. The number of halogens is 3. The number of esters is 1. The van der Waals surface area contributed by atoms with Gasteiger partial charge in [-0.15, -0.1) is 0 Å². The topological polar surface area (TPSA) is 60.3 Å². The Morgan fingerprint density at radius 1 is 0.914 bits per heavy atom. The Kier molecular flexibility index (Phi) is 7.24. The van der Waals surface area contributed by atoms with Crippen LogP contribution < -0.4 is 5.32 Å². The van der Waals surface area contributed by atoms with Crippen molar-refractivity contribution < 1.29 is 18.7 Å². The van der Waals surface area contributed by atoms with Crippen molar-refractivity contribution in [3.63, 3.8) is 0 Å². The highest BCUT2D eigenvalue weighted by molar-refractivity contribution is 6.35. The molecule has 0 spiro atoms. The van der Waals surface area contributed by atoms with E-state index in [2.05, 4.69) is 5.32 Å². The Balaban J connectivity index is 1.64. The van der Waals surface area contributed by atoms with Gasteiger partial charge in [-0.25, -0.2) is 9.18 Å². The molecular formula is C27H21Cl2FN2O3. The number of hydrogen-bond acceptors (Lipinski definition) is 3. The maximum absolute atomic E-state index is 13.4. The Morgan fingerprint density at radius 3 is 2.17 bits per heavy atom. The van der Waals surface area contributed by atoms with Crippen LogP contribution in [0.5, 0.6) is 0 Å². The maximum Gasteiger partial charge on any atom is 0.341 e. The summed E-state index contributed by atoms with van der Waals surface area (Å²) in [6.45, 7) is 3.59. The van der Waals surface area contributed by atoms with Gasteiger partial charge in [0.2, 0.25) is 6.10 Å². The van der Waals surface area contributed by atoms with Gasteiger partial charge in [0, 0.05) is 38.4 Å². The second-order valence-electron chi connectivity index (χ2n) is 7.94. The number of carbonyl (C=O) groups is 2. The molecule has 0 fully saturated rings. The molecule has 0 saturated heterocycles. The number of benzene rings is 3. The highest BCUT2D eigenvalue weighted by Crippen LogP contribution is 2.27. The molecule has 0 radical (unpaired) electrons. The van der Waals surface area contributed by atoms with Crippen LogP contribution >= 0.6 is 23.2 Å². The molecule has 0 aliphatic carbocycles. The molecule has 35 heavy (non-hydrogen) atoms. The molecule has 0 bridgehead atoms. The molecule has 1 heterocycles. The van der Waals surface area contributed by atoms with Crippen molar-refractivity contribution in [1.29, 1.82) is 0 Å². The predicted molar refractivity (Wildman–Crippen MR) is 135 cm³/mol. The summed E-state index contributed by atoms with van der Waals surface area (Å²) in [5.74, 6) is -1.58. The molecule has 0 unspecified atom stereocenters. The van der Waals surface area contributed by atoms with Crippen LogP contribution in [0.4, 0.5) is 10.1 Å². The van der Waals surface area contributed by atoms with E-state index in [1.807, 2.05) is 11.5 Å². The van der Waals surface area contributed by atoms with Gasteiger partial charge in [0.15, 0.2) is 0 Å². The van der Waals surface area contributed by atoms with Gasteiger partial charge >= 0.3 is 5.97 Å². The first-order valence-electron chi connectivity index (χ1n) is 10.7. The first-order valence-corrected chi connectivity index (χ1v) is 11.5. The molecule has 1 N–H and O–H groups in total. The Bertz CT molecular complexity index is 1370. The summed E-state index contributed by atoms with van der Waals surface area (Å²) in [7, 11) is 0. The van der Waals surface area contributed by atoms with E-state index in [4.69, 9.17) is 27.9 Å². The zero-order valence-electron chi connectivity index (χ0n) is 18.9. The number of aryl methyl sites for hydroxylation is 1. The van der Waals surface area contributed by atoms with Crippen LogP contribution in [0.2, 0.25) is 10.0 Å². The fourth-order valence-electron chi connectivity index (χ4n) is 3.86. The van der Waals surface area contributed by atoms with E-state index >= 15 is 0 Å². The molecule has 4 aromatic rings. The fourth-order valence-corrected chi connectivity index (χ4v) is 4.39. The van der Waals surface area contributed by atoms with E-state index in [0.717, 1.165) is 5.69 Å². The molecule has 1 atom stereocenters. The van der Waals surface area contributed by atoms with Crippen molar-refractivity contribution in [3.05, 3.63) is 117 Å². The van der Waals surface area contributed by atoms with Gasteiger partial charge in [-0.05, 0) is 62.4 Å². The van der Waals surface area contributed by atoms with Crippen LogP contribution in [-0.2, 0) is 9.53 Å². The highest BCUT2D eigenvalue weighted by Gasteiger charge is 2.28. The first-order chi connectivity index (χ1) is 16.7. The molecule has 1 aromatic heterocycles. The lowest BCUT2D eigenvalue weighted by Gasteiger charge is -2.18. The van der Waals surface area contributed by atoms with Crippen LogP contribution in [0.3, 0.4) is 0 Å². The minimum Gasteiger partial charge on any atom is -0.444 e. The molecule has 4 rings (SSSR count). The molecule has 3 aromatic carbocycles. The smallest absolute Gasteiger partial charge is 0.341 e. The standard InChI is InChI=1S/C27H21Cl2FN2O3/c1-16-12-24(17(2)32(16)23-10-8-21(30)9-11-23)27(34)35-25(18-6-4-3-5-7-18)26(33)31-22-14-19(28)13-20(29)15-22/h3-15,25H,1-2H3,(H,31,33)/t25-/m0/s1. The minimum atomic E-state index is -1.23. The monoisotopic (exact) mass is 510 g/mol. The minimum absolute atomic E-state index is 0.298. The van der Waals surface area contributed by atoms with Crippen molar-refractivity contribution in [3.8, 4) is 5.69 Å². The number of nitrogens with zero attached hydrogens (tertiary/aromatic N) is 1. The Labute approximate surface area is 212 Å². The van der Waals surface area contributed by atoms with Gasteiger partial charge in [-0.2, -0.15) is 0 Å². The summed E-state index contributed by atoms with van der Waals surface area (Å²) in [4.78, 5) is 26.4. The highest BCUT2D eigenvalue weighted by atomic mass is 35.5. The lowest BCUT2D eigenvalue weighted by atomic mass is 10.1. The van der Waals surface area contributed by atoms with Gasteiger partial charge in [-0.1, -0.05) is 53.5 Å². The number of nitrogens with one attached hydrogen (secondary N) is 1. The molecule has 0 aliphatic rings. The summed E-state index contributed by atoms with van der Waals surface area (Å²) >= 11 is 12.1. The number of aromatic nitrogens is 1. The zero-order chi connectivity index (χ0) is 25.1. The lowest BCUT2D eigenvalue weighted by Crippen LogP contribution is -2.26. The van der Waals surface area contributed by atoms with Crippen LogP contribution in [0.1, 0.15) is 33.4 Å². The summed E-state index contributed by atoms with van der Waals surface area (Å²) in [6.07, 6.45) is -1.23. The third kappa shape index (κ3) is 5.56. The second kappa shape index (κ2) is 10.3. The second-order valence-corrected chi connectivity index (χ2v) is 8.81. The third-order valence-electron chi connectivity index (χ3n) is 5.43. The SMILES string of the molecule is Cc1cc(C(=O)O[C@H](C(=O)Nc2cc(Cl)cc(Cl)c2)c2ccccc2)c(C)n1-c1ccc(F)cc1. The normalized spacial score (nSPS) is 11.7. The third-order valence-corrected chi connectivity index (χ3v) is 5.87. The molecule has 0 saturated carbocycles. The average Bonchev–Trinajstić information content (AvgIpc) is 3.11. The summed E-state index contributed by atoms with van der Waals surface area (Å²) in [5, 5.41) is 3.43. The van der Waals surface area contributed by atoms with Gasteiger partial charge < -0.3 is 14.6 Å². The molecular weight excluding hydrogens is 490 g/mol. The van der Waals surface area contributed by atoms with Crippen LogP contribution in [-0.4, -0.2) is 16.4 Å². The van der Waals surface area contributed by atoms with E-state index < -0.39 is 18.0 Å². The van der Waals surface area contributed by atoms with Crippen molar-refractivity contribution in [2.24, 2.45) is 0 Å². The van der Waals surface area contributed by atoms with Crippen molar-refractivity contribution in [2.75, 3.05) is 5.32 Å². The first kappa shape index (κ1) is 24.5. The van der Waals surface area contributed by atoms with E-state index in [1.165, 1.54) is 12.1 Å². The summed E-state index contributed by atoms with van der Waals surface area (Å²) < 4.78 is 20.9. The number of amides is 1. The Hall–Kier alpha value is -3.61. The van der Waals surface area contributed by atoms with E-state index in [1.54, 1.807) is 73.7 Å². The number of rotatable bonds is 6. The molecule has 0 aliphatic heterocycles. The zero-order valence-corrected chi connectivity index (χ0v) is 20.4. The fraction of sp³-hybridized carbons (Fsp3) is 0.111. The number of carbonyl (C=O) groups excluding carboxylic acids is 2. The number of hydrogen-bond donors (Lipinski definition) is 1. The average molecular weight is 511 g/mol. The summed E-state index contributed by atoms with van der Waals surface area (Å²) in [6, 6.07) is 21.0. The largest absolute Gasteiger partial charge is 0.444 e. The van der Waals surface area contributed by atoms with Gasteiger partial charge in [0.25, 0.3) is 5.91 Å². The summed E-state index contributed by atoms with van der Waals surface area (Å²) in [5.41, 5.74) is 3.24. The van der Waals surface area contributed by atoms with Crippen LogP contribution in [0, 0.1) is 19.7 Å². The van der Waals surface area contributed by atoms with Crippen LogP contribution in [0.15, 0.2) is 78.9 Å². The molecule has 1 amide bonds. The van der Waals surface area contributed by atoms with Gasteiger partial charge in [-0.3, -0.25) is 4.79 Å². The van der Waals surface area contributed by atoms with Crippen molar-refractivity contribution >= 4 is 40.8 Å². The molecule has 5 nitrogen and oxygen atoms in total. The van der Waals surface area contributed by atoms with Crippen LogP contribution in [0.25, 0.3) is 5.69 Å². The van der Waals surface area contributed by atoms with Gasteiger partial charge in [0.1, 0.15) is 5.82 Å². The van der Waals surface area contributed by atoms with E-state index in [-0.39, 0.29) is 5.82 Å². The lowest BCUT2D eigenvalue weighted by molar-refractivity contribution is -0.125. The van der Waals surface area contributed by atoms with Gasteiger partial charge in [0.05, 0.1) is 5.56 Å². The van der Waals surface area contributed by atoms with Crippen molar-refractivity contribution in [1.82, 2.24) is 4.57 Å². The number of anilines is 1. The van der Waals surface area contributed by atoms with E-state index in [0.29, 0.717) is 38.2 Å². The van der Waals surface area contributed by atoms with E-state index in [9.17, 15) is 14.0 Å². The molecule has 8 heteroatoms. The predicted octanol–water partition coefficient (Wildman–Crippen LogP) is 7.08. The molecule has 178 valence electrons.